The van der Waals surface area contributed by atoms with Gasteiger partial charge in [-0.05, 0) is 122 Å². The van der Waals surface area contributed by atoms with Crippen LogP contribution in [0.15, 0.2) is 0 Å². The molecule has 0 heterocycles. The van der Waals surface area contributed by atoms with Crippen LogP contribution in [0.1, 0.15) is 144 Å². The molecule has 0 aliphatic heterocycles. The van der Waals surface area contributed by atoms with Crippen molar-refractivity contribution in [3.05, 3.63) is 0 Å². The molecule has 4 atom stereocenters. The van der Waals surface area contributed by atoms with E-state index in [1.807, 2.05) is 0 Å². The maximum absolute atomic E-state index is 5.79. The lowest BCUT2D eigenvalue weighted by molar-refractivity contribution is -0.0365. The van der Waals surface area contributed by atoms with E-state index in [1.165, 1.54) is 142 Å². The van der Waals surface area contributed by atoms with Crippen molar-refractivity contribution in [3.8, 4) is 0 Å². The predicted molar refractivity (Wildman–Crippen MR) is 164 cm³/mol. The van der Waals surface area contributed by atoms with Gasteiger partial charge in [0.05, 0.1) is 0 Å². The summed E-state index contributed by atoms with van der Waals surface area (Å²) in [4.78, 5) is 5.87. The minimum atomic E-state index is 0.267. The lowest BCUT2D eigenvalue weighted by Gasteiger charge is -2.57. The fraction of sp³-hybridized carbons (Fsp3) is 1.00. The average molecular weight is 521 g/mol. The predicted octanol–water partition coefficient (Wildman–Crippen LogP) is 7.61. The van der Waals surface area contributed by atoms with Gasteiger partial charge in [-0.15, -0.1) is 0 Å². The summed E-state index contributed by atoms with van der Waals surface area (Å²) < 4.78 is 0. The Balaban J connectivity index is 2.44. The van der Waals surface area contributed by atoms with Crippen molar-refractivity contribution in [1.82, 2.24) is 15.1 Å². The Kier molecular flexibility index (Phi) is 17.0. The van der Waals surface area contributed by atoms with Crippen LogP contribution >= 0.6 is 0 Å². The van der Waals surface area contributed by atoms with E-state index in [0.717, 1.165) is 30.5 Å². The average Bonchev–Trinajstić information content (AvgIpc) is 2.93. The third-order valence-corrected chi connectivity index (χ3v) is 9.93. The van der Waals surface area contributed by atoms with E-state index in [2.05, 4.69) is 49.7 Å². The summed E-state index contributed by atoms with van der Waals surface area (Å²) in [5.74, 6) is 1.56. The minimum absolute atomic E-state index is 0.267. The van der Waals surface area contributed by atoms with Crippen LogP contribution in [0.4, 0.5) is 0 Å². The molecular formula is C33H68N4. The van der Waals surface area contributed by atoms with Gasteiger partial charge >= 0.3 is 0 Å². The van der Waals surface area contributed by atoms with Crippen LogP contribution in [0.2, 0.25) is 0 Å². The number of hydrogen-bond donors (Lipinski definition) is 2. The maximum Gasteiger partial charge on any atom is 0.0265 e. The molecule has 0 aromatic carbocycles. The first kappa shape index (κ1) is 33.0. The van der Waals surface area contributed by atoms with Gasteiger partial charge in [0.2, 0.25) is 0 Å². The zero-order valence-electron chi connectivity index (χ0n) is 26.0. The summed E-state index contributed by atoms with van der Waals surface area (Å²) >= 11 is 0. The summed E-state index contributed by atoms with van der Waals surface area (Å²) in [7, 11) is 0. The number of unbranched alkanes of at least 4 members (excludes halogenated alkanes) is 3. The Morgan fingerprint density at radius 2 is 1.05 bits per heavy atom. The van der Waals surface area contributed by atoms with E-state index in [1.54, 1.807) is 0 Å². The highest BCUT2D eigenvalue weighted by Gasteiger charge is 2.51. The van der Waals surface area contributed by atoms with Gasteiger partial charge < -0.3 is 20.9 Å². The smallest absolute Gasteiger partial charge is 0.0265 e. The Labute approximate surface area is 233 Å². The zero-order valence-corrected chi connectivity index (χ0v) is 26.0. The highest BCUT2D eigenvalue weighted by Crippen LogP contribution is 2.47. The lowest BCUT2D eigenvalue weighted by Crippen LogP contribution is -2.67. The summed E-state index contributed by atoms with van der Waals surface area (Å²) in [5.41, 5.74) is 6.06. The summed E-state index contributed by atoms with van der Waals surface area (Å²) in [6.45, 7) is 19.2. The van der Waals surface area contributed by atoms with Crippen LogP contribution < -0.4 is 11.1 Å². The molecule has 0 amide bonds. The van der Waals surface area contributed by atoms with Gasteiger partial charge in [0.1, 0.15) is 0 Å². The highest BCUT2D eigenvalue weighted by molar-refractivity contribution is 5.08. The molecule has 4 heteroatoms. The van der Waals surface area contributed by atoms with Crippen molar-refractivity contribution in [3.63, 3.8) is 0 Å². The van der Waals surface area contributed by atoms with E-state index in [4.69, 9.17) is 5.73 Å². The molecule has 0 aromatic heterocycles. The van der Waals surface area contributed by atoms with E-state index >= 15 is 0 Å². The second-order valence-electron chi connectivity index (χ2n) is 12.5. The van der Waals surface area contributed by atoms with E-state index < -0.39 is 0 Å². The third kappa shape index (κ3) is 9.47. The largest absolute Gasteiger partial charge is 0.330 e. The Bertz CT molecular complexity index is 504. The van der Waals surface area contributed by atoms with Crippen LogP contribution in [-0.4, -0.2) is 66.7 Å². The first-order valence-electron chi connectivity index (χ1n) is 17.1. The summed E-state index contributed by atoms with van der Waals surface area (Å²) in [6, 6.07) is 1.51. The standard InChI is InChI=1S/C33H68N4/c1-6-25-36(26-7-2)31-21-15-13-19-29(31)33(10-5,35-24-18-12-11-17-23-34)30-20-14-16-22-32(30)37(27-8-3)28-9-4/h29-32,35H,6-28,34H2,1-5H3. The van der Waals surface area contributed by atoms with Crippen molar-refractivity contribution in [2.45, 2.75) is 161 Å². The molecule has 2 aliphatic carbocycles. The van der Waals surface area contributed by atoms with Crippen LogP contribution in [0.5, 0.6) is 0 Å². The first-order valence-corrected chi connectivity index (χ1v) is 17.1. The molecule has 4 unspecified atom stereocenters. The second kappa shape index (κ2) is 19.0. The van der Waals surface area contributed by atoms with Crippen molar-refractivity contribution < 1.29 is 0 Å². The molecule has 4 nitrogen and oxygen atoms in total. The van der Waals surface area contributed by atoms with E-state index in [9.17, 15) is 0 Å². The number of nitrogens with one attached hydrogen (secondary N) is 1. The number of nitrogens with zero attached hydrogens (tertiary/aromatic N) is 2. The quantitative estimate of drug-likeness (QED) is 0.162. The van der Waals surface area contributed by atoms with Gasteiger partial charge in [0.25, 0.3) is 0 Å². The molecule has 0 bridgehead atoms. The first-order chi connectivity index (χ1) is 18.1. The van der Waals surface area contributed by atoms with E-state index in [0.29, 0.717) is 0 Å². The van der Waals surface area contributed by atoms with Crippen LogP contribution in [0.25, 0.3) is 0 Å². The number of hydrogen-bond acceptors (Lipinski definition) is 4. The van der Waals surface area contributed by atoms with Gasteiger partial charge in [0.15, 0.2) is 0 Å². The van der Waals surface area contributed by atoms with Crippen molar-refractivity contribution in [2.24, 2.45) is 17.6 Å². The van der Waals surface area contributed by atoms with Crippen LogP contribution in [0.3, 0.4) is 0 Å². The van der Waals surface area contributed by atoms with Gasteiger partial charge in [-0.2, -0.15) is 0 Å². The molecule has 2 fully saturated rings. The molecule has 0 aromatic rings. The molecular weight excluding hydrogens is 452 g/mol. The summed E-state index contributed by atoms with van der Waals surface area (Å²) in [6.07, 6.45) is 22.9. The fourth-order valence-electron chi connectivity index (χ4n) is 8.46. The Hall–Kier alpha value is -0.160. The molecule has 220 valence electrons. The maximum atomic E-state index is 5.79. The van der Waals surface area contributed by atoms with E-state index in [-0.39, 0.29) is 5.54 Å². The Morgan fingerprint density at radius 1 is 0.622 bits per heavy atom. The van der Waals surface area contributed by atoms with Crippen LogP contribution in [0, 0.1) is 11.8 Å². The van der Waals surface area contributed by atoms with Gasteiger partial charge in [0, 0.05) is 17.6 Å². The Morgan fingerprint density at radius 3 is 1.46 bits per heavy atom. The minimum Gasteiger partial charge on any atom is -0.330 e. The van der Waals surface area contributed by atoms with Gasteiger partial charge in [-0.3, -0.25) is 0 Å². The fourth-order valence-corrected chi connectivity index (χ4v) is 8.46. The number of rotatable bonds is 20. The molecule has 2 saturated carbocycles. The normalized spacial score (nSPS) is 26.6. The third-order valence-electron chi connectivity index (χ3n) is 9.93. The monoisotopic (exact) mass is 521 g/mol. The molecule has 2 rings (SSSR count). The number of nitrogens with two attached hydrogens (primary N) is 1. The summed E-state index contributed by atoms with van der Waals surface area (Å²) in [5, 5.41) is 4.45. The lowest BCUT2D eigenvalue weighted by atomic mass is 9.59. The molecule has 37 heavy (non-hydrogen) atoms. The molecule has 2 aliphatic rings. The molecule has 3 N–H and O–H groups in total. The zero-order chi connectivity index (χ0) is 26.9. The van der Waals surface area contributed by atoms with Gasteiger partial charge in [-0.1, -0.05) is 73.1 Å². The topological polar surface area (TPSA) is 44.5 Å². The molecule has 0 radical (unpaired) electrons. The molecule has 0 spiro atoms. The second-order valence-corrected chi connectivity index (χ2v) is 12.5. The van der Waals surface area contributed by atoms with Crippen LogP contribution in [-0.2, 0) is 0 Å². The SMILES string of the molecule is CCCN(CCC)C1CCCCC1C(CC)(NCCCCCCN)C1CCCCC1N(CCC)CCC. The molecule has 0 saturated heterocycles. The highest BCUT2D eigenvalue weighted by atomic mass is 15.2. The van der Waals surface area contributed by atoms with Crippen molar-refractivity contribution in [1.29, 1.82) is 0 Å². The van der Waals surface area contributed by atoms with Crippen molar-refractivity contribution >= 4 is 0 Å². The van der Waals surface area contributed by atoms with Crippen molar-refractivity contribution in [2.75, 3.05) is 39.3 Å². The van der Waals surface area contributed by atoms with Gasteiger partial charge in [-0.25, -0.2) is 0 Å².